The predicted octanol–water partition coefficient (Wildman–Crippen LogP) is 1.01. The number of nitrogens with one attached hydrogen (secondary N) is 1. The van der Waals surface area contributed by atoms with Crippen molar-refractivity contribution in [2.45, 2.75) is 32.2 Å². The van der Waals surface area contributed by atoms with Gasteiger partial charge in [-0.15, -0.1) is 0 Å². The van der Waals surface area contributed by atoms with Crippen LogP contribution in [0.15, 0.2) is 0 Å². The second kappa shape index (κ2) is 7.20. The lowest BCUT2D eigenvalue weighted by Crippen LogP contribution is -2.44. The Hall–Kier alpha value is -0.120. The van der Waals surface area contributed by atoms with Crippen molar-refractivity contribution in [2.75, 3.05) is 46.8 Å². The summed E-state index contributed by atoms with van der Waals surface area (Å²) in [6.45, 7) is 8.57. The van der Waals surface area contributed by atoms with Gasteiger partial charge < -0.3 is 15.1 Å². The van der Waals surface area contributed by atoms with Crippen molar-refractivity contribution in [2.24, 2.45) is 0 Å². The van der Waals surface area contributed by atoms with Gasteiger partial charge in [0.1, 0.15) is 0 Å². The molecule has 0 aromatic rings. The van der Waals surface area contributed by atoms with Crippen molar-refractivity contribution in [3.05, 3.63) is 0 Å². The Morgan fingerprint density at radius 1 is 1.13 bits per heavy atom. The topological polar surface area (TPSA) is 18.5 Å². The largest absolute Gasteiger partial charge is 0.317 e. The summed E-state index contributed by atoms with van der Waals surface area (Å²) in [4.78, 5) is 5.02. The van der Waals surface area contributed by atoms with E-state index in [0.29, 0.717) is 6.04 Å². The normalized spacial score (nSPS) is 21.8. The van der Waals surface area contributed by atoms with Gasteiger partial charge in [-0.05, 0) is 40.4 Å². The van der Waals surface area contributed by atoms with Gasteiger partial charge in [0.15, 0.2) is 0 Å². The zero-order chi connectivity index (χ0) is 11.1. The second-order valence-corrected chi connectivity index (χ2v) is 4.83. The van der Waals surface area contributed by atoms with E-state index in [9.17, 15) is 0 Å². The van der Waals surface area contributed by atoms with Crippen LogP contribution in [0.3, 0.4) is 0 Å². The molecule has 0 aromatic heterocycles. The fourth-order valence-electron chi connectivity index (χ4n) is 2.00. The summed E-state index contributed by atoms with van der Waals surface area (Å²) in [5.74, 6) is 0. The van der Waals surface area contributed by atoms with Gasteiger partial charge in [0.2, 0.25) is 0 Å². The van der Waals surface area contributed by atoms with Crippen molar-refractivity contribution in [1.82, 2.24) is 15.1 Å². The van der Waals surface area contributed by atoms with Crippen LogP contribution in [0.4, 0.5) is 0 Å². The molecule has 3 heteroatoms. The molecule has 1 atom stereocenters. The van der Waals surface area contributed by atoms with Gasteiger partial charge in [-0.2, -0.15) is 0 Å². The lowest BCUT2D eigenvalue weighted by atomic mass is 10.1. The molecule has 1 aliphatic rings. The summed E-state index contributed by atoms with van der Waals surface area (Å²) in [6, 6.07) is 0.678. The van der Waals surface area contributed by atoms with E-state index < -0.39 is 0 Å². The van der Waals surface area contributed by atoms with Crippen LogP contribution in [-0.2, 0) is 0 Å². The van der Waals surface area contributed by atoms with Crippen LogP contribution in [0.5, 0.6) is 0 Å². The quantitative estimate of drug-likeness (QED) is 0.664. The molecular formula is C12H27N3. The minimum absolute atomic E-state index is 0.678. The molecule has 0 spiro atoms. The number of hydrogen-bond donors (Lipinski definition) is 1. The van der Waals surface area contributed by atoms with Gasteiger partial charge in [0.25, 0.3) is 0 Å². The fourth-order valence-corrected chi connectivity index (χ4v) is 2.00. The van der Waals surface area contributed by atoms with Crippen LogP contribution < -0.4 is 5.32 Å². The van der Waals surface area contributed by atoms with Crippen molar-refractivity contribution in [1.29, 1.82) is 0 Å². The molecule has 1 rings (SSSR count). The molecule has 1 aliphatic heterocycles. The lowest BCUT2D eigenvalue weighted by molar-refractivity contribution is 0.151. The SMILES string of the molecule is CNC(C)CCCCN1CCN(C)CC1. The molecule has 0 aromatic carbocycles. The summed E-state index contributed by atoms with van der Waals surface area (Å²) >= 11 is 0. The highest BCUT2D eigenvalue weighted by Crippen LogP contribution is 2.04. The number of nitrogens with zero attached hydrogens (tertiary/aromatic N) is 2. The van der Waals surface area contributed by atoms with Gasteiger partial charge in [0, 0.05) is 32.2 Å². The standard InChI is InChI=1S/C12H27N3/c1-12(13-2)6-4-5-7-15-10-8-14(3)9-11-15/h12-13H,4-11H2,1-3H3. The molecular weight excluding hydrogens is 186 g/mol. The molecule has 1 N–H and O–H groups in total. The third kappa shape index (κ3) is 5.50. The van der Waals surface area contributed by atoms with Crippen LogP contribution in [0.2, 0.25) is 0 Å². The highest BCUT2D eigenvalue weighted by molar-refractivity contribution is 4.69. The third-order valence-corrected chi connectivity index (χ3v) is 3.45. The summed E-state index contributed by atoms with van der Waals surface area (Å²) < 4.78 is 0. The molecule has 3 nitrogen and oxygen atoms in total. The maximum Gasteiger partial charge on any atom is 0.0110 e. The smallest absolute Gasteiger partial charge is 0.0110 e. The first-order valence-corrected chi connectivity index (χ1v) is 6.30. The van der Waals surface area contributed by atoms with Crippen molar-refractivity contribution in [3.8, 4) is 0 Å². The highest BCUT2D eigenvalue weighted by Gasteiger charge is 2.12. The van der Waals surface area contributed by atoms with E-state index in [0.717, 1.165) is 0 Å². The zero-order valence-corrected chi connectivity index (χ0v) is 10.6. The van der Waals surface area contributed by atoms with Gasteiger partial charge in [-0.3, -0.25) is 0 Å². The second-order valence-electron chi connectivity index (χ2n) is 4.83. The average Bonchev–Trinajstić information content (AvgIpc) is 2.26. The molecule has 1 fully saturated rings. The van der Waals surface area contributed by atoms with E-state index in [-0.39, 0.29) is 0 Å². The van der Waals surface area contributed by atoms with E-state index >= 15 is 0 Å². The van der Waals surface area contributed by atoms with Crippen molar-refractivity contribution < 1.29 is 0 Å². The minimum atomic E-state index is 0.678. The van der Waals surface area contributed by atoms with Gasteiger partial charge in [-0.1, -0.05) is 6.42 Å². The molecule has 90 valence electrons. The van der Waals surface area contributed by atoms with Crippen LogP contribution in [0.25, 0.3) is 0 Å². The zero-order valence-electron chi connectivity index (χ0n) is 10.6. The van der Waals surface area contributed by atoms with E-state index in [1.54, 1.807) is 0 Å². The van der Waals surface area contributed by atoms with E-state index in [1.807, 2.05) is 7.05 Å². The van der Waals surface area contributed by atoms with E-state index in [1.165, 1.54) is 52.0 Å². The molecule has 0 radical (unpaired) electrons. The van der Waals surface area contributed by atoms with Gasteiger partial charge in [0.05, 0.1) is 0 Å². The molecule has 1 heterocycles. The lowest BCUT2D eigenvalue weighted by Gasteiger charge is -2.32. The predicted molar refractivity (Wildman–Crippen MR) is 66.3 cm³/mol. The van der Waals surface area contributed by atoms with E-state index in [4.69, 9.17) is 0 Å². The first kappa shape index (κ1) is 12.9. The third-order valence-electron chi connectivity index (χ3n) is 3.45. The summed E-state index contributed by atoms with van der Waals surface area (Å²) in [5.41, 5.74) is 0. The average molecular weight is 213 g/mol. The Bertz CT molecular complexity index is 153. The molecule has 1 unspecified atom stereocenters. The van der Waals surface area contributed by atoms with Gasteiger partial charge in [-0.25, -0.2) is 0 Å². The fraction of sp³-hybridized carbons (Fsp3) is 1.00. The highest BCUT2D eigenvalue weighted by atomic mass is 15.2. The number of rotatable bonds is 6. The maximum absolute atomic E-state index is 3.29. The summed E-state index contributed by atoms with van der Waals surface area (Å²) in [7, 11) is 4.26. The molecule has 0 bridgehead atoms. The van der Waals surface area contributed by atoms with Crippen molar-refractivity contribution in [3.63, 3.8) is 0 Å². The van der Waals surface area contributed by atoms with Crippen LogP contribution >= 0.6 is 0 Å². The van der Waals surface area contributed by atoms with Crippen LogP contribution in [0, 0.1) is 0 Å². The maximum atomic E-state index is 3.29. The molecule has 0 saturated carbocycles. The van der Waals surface area contributed by atoms with Crippen molar-refractivity contribution >= 4 is 0 Å². The number of piperazine rings is 1. The Morgan fingerprint density at radius 3 is 2.40 bits per heavy atom. The Labute approximate surface area is 94.8 Å². The number of likely N-dealkylation sites (N-methyl/N-ethyl adjacent to an activating group) is 1. The molecule has 1 saturated heterocycles. The summed E-state index contributed by atoms with van der Waals surface area (Å²) in [6.07, 6.45) is 4.02. The number of unbranched alkanes of at least 4 members (excludes halogenated alkanes) is 1. The molecule has 0 amide bonds. The van der Waals surface area contributed by atoms with E-state index in [2.05, 4.69) is 29.1 Å². The van der Waals surface area contributed by atoms with Crippen LogP contribution in [0.1, 0.15) is 26.2 Å². The van der Waals surface area contributed by atoms with Gasteiger partial charge >= 0.3 is 0 Å². The Balaban J connectivity index is 1.96. The Kier molecular flexibility index (Phi) is 6.22. The minimum Gasteiger partial charge on any atom is -0.317 e. The molecule has 0 aliphatic carbocycles. The molecule has 15 heavy (non-hydrogen) atoms. The van der Waals surface area contributed by atoms with Crippen LogP contribution in [-0.4, -0.2) is 62.7 Å². The first-order valence-electron chi connectivity index (χ1n) is 6.30. The summed E-state index contributed by atoms with van der Waals surface area (Å²) in [5, 5.41) is 3.29. The first-order chi connectivity index (χ1) is 7.22. The monoisotopic (exact) mass is 213 g/mol. The number of hydrogen-bond acceptors (Lipinski definition) is 3. The Morgan fingerprint density at radius 2 is 1.80 bits per heavy atom.